The van der Waals surface area contributed by atoms with Crippen molar-refractivity contribution < 1.29 is 9.53 Å². The Kier molecular flexibility index (Phi) is 4.47. The molecule has 0 unspecified atom stereocenters. The molecule has 0 radical (unpaired) electrons. The van der Waals surface area contributed by atoms with Crippen LogP contribution in [0.5, 0.6) is 5.75 Å². The highest BCUT2D eigenvalue weighted by Crippen LogP contribution is 2.14. The molecular formula is C11H16N4O2. The lowest BCUT2D eigenvalue weighted by Gasteiger charge is -2.13. The fourth-order valence-corrected chi connectivity index (χ4v) is 1.22. The monoisotopic (exact) mass is 236 g/mol. The molecule has 0 aliphatic rings. The standard InChI is InChI=1S/C11H16N4O2/c1-7(14-12)9-3-5-10(6-4-9)17-8(2)11(16)15-13/h3-6,8H,12-13H2,1-2H3,(H,15,16)/b14-7-/t8-/m1/s1. The first-order valence-electron chi connectivity index (χ1n) is 5.10. The summed E-state index contributed by atoms with van der Waals surface area (Å²) in [6, 6.07) is 7.11. The molecule has 1 aromatic rings. The molecule has 0 saturated carbocycles. The number of amides is 1. The van der Waals surface area contributed by atoms with E-state index in [9.17, 15) is 4.79 Å². The lowest BCUT2D eigenvalue weighted by molar-refractivity contribution is -0.127. The third kappa shape index (κ3) is 3.46. The van der Waals surface area contributed by atoms with Gasteiger partial charge in [0.05, 0.1) is 5.71 Å². The number of carbonyl (C=O) groups excluding carboxylic acids is 1. The number of rotatable bonds is 4. The Bertz CT molecular complexity index is 414. The van der Waals surface area contributed by atoms with Gasteiger partial charge in [0.15, 0.2) is 6.10 Å². The van der Waals surface area contributed by atoms with Crippen molar-refractivity contribution in [3.63, 3.8) is 0 Å². The Hall–Kier alpha value is -2.08. The van der Waals surface area contributed by atoms with Crippen LogP contribution < -0.4 is 21.8 Å². The van der Waals surface area contributed by atoms with Gasteiger partial charge in [-0.25, -0.2) is 5.84 Å². The van der Waals surface area contributed by atoms with E-state index in [1.807, 2.05) is 17.6 Å². The van der Waals surface area contributed by atoms with Crippen LogP contribution in [0.2, 0.25) is 0 Å². The number of benzene rings is 1. The molecule has 0 spiro atoms. The number of nitrogens with zero attached hydrogens (tertiary/aromatic N) is 1. The van der Waals surface area contributed by atoms with Crippen molar-refractivity contribution in [2.45, 2.75) is 20.0 Å². The Morgan fingerprint density at radius 2 is 2.00 bits per heavy atom. The molecule has 0 saturated heterocycles. The van der Waals surface area contributed by atoms with Crippen molar-refractivity contribution in [3.8, 4) is 5.75 Å². The van der Waals surface area contributed by atoms with Gasteiger partial charge in [-0.3, -0.25) is 10.2 Å². The molecule has 1 aromatic carbocycles. The molecule has 6 nitrogen and oxygen atoms in total. The SMILES string of the molecule is C/C(=N/N)c1ccc(O[C@H](C)C(=O)NN)cc1. The molecule has 5 N–H and O–H groups in total. The average Bonchev–Trinajstić information content (AvgIpc) is 2.37. The number of hydrogen-bond donors (Lipinski definition) is 3. The van der Waals surface area contributed by atoms with Crippen molar-refractivity contribution >= 4 is 11.6 Å². The second-order valence-electron chi connectivity index (χ2n) is 3.51. The summed E-state index contributed by atoms with van der Waals surface area (Å²) in [5, 5.41) is 3.59. The van der Waals surface area contributed by atoms with E-state index in [4.69, 9.17) is 16.4 Å². The van der Waals surface area contributed by atoms with Crippen molar-refractivity contribution in [1.29, 1.82) is 0 Å². The van der Waals surface area contributed by atoms with Gasteiger partial charge in [-0.05, 0) is 43.7 Å². The van der Waals surface area contributed by atoms with E-state index in [1.165, 1.54) is 0 Å². The maximum Gasteiger partial charge on any atom is 0.274 e. The summed E-state index contributed by atoms with van der Waals surface area (Å²) in [4.78, 5) is 11.1. The normalized spacial score (nSPS) is 13.0. The molecule has 1 amide bonds. The van der Waals surface area contributed by atoms with Gasteiger partial charge in [0.2, 0.25) is 0 Å². The van der Waals surface area contributed by atoms with E-state index >= 15 is 0 Å². The average molecular weight is 236 g/mol. The first-order valence-corrected chi connectivity index (χ1v) is 5.10. The van der Waals surface area contributed by atoms with E-state index in [2.05, 4.69) is 5.10 Å². The summed E-state index contributed by atoms with van der Waals surface area (Å²) in [7, 11) is 0. The summed E-state index contributed by atoms with van der Waals surface area (Å²) in [6.07, 6.45) is -0.643. The van der Waals surface area contributed by atoms with E-state index in [-0.39, 0.29) is 5.91 Å². The number of ether oxygens (including phenoxy) is 1. The predicted molar refractivity (Wildman–Crippen MR) is 65.3 cm³/mol. The third-order valence-corrected chi connectivity index (χ3v) is 2.29. The second kappa shape index (κ2) is 5.86. The molecule has 0 aliphatic carbocycles. The van der Waals surface area contributed by atoms with Gasteiger partial charge in [0.1, 0.15) is 5.75 Å². The van der Waals surface area contributed by atoms with Crippen LogP contribution in [-0.2, 0) is 4.79 Å². The van der Waals surface area contributed by atoms with Crippen LogP contribution in [0.25, 0.3) is 0 Å². The molecule has 0 fully saturated rings. The smallest absolute Gasteiger partial charge is 0.274 e. The van der Waals surface area contributed by atoms with Gasteiger partial charge < -0.3 is 10.6 Å². The lowest BCUT2D eigenvalue weighted by Crippen LogP contribution is -2.40. The first kappa shape index (κ1) is 13.0. The van der Waals surface area contributed by atoms with Gasteiger partial charge in [0, 0.05) is 0 Å². The number of nitrogens with two attached hydrogens (primary N) is 2. The van der Waals surface area contributed by atoms with E-state index in [1.54, 1.807) is 26.0 Å². The van der Waals surface area contributed by atoms with Gasteiger partial charge >= 0.3 is 0 Å². The minimum atomic E-state index is -0.643. The molecule has 1 rings (SSSR count). The van der Waals surface area contributed by atoms with Crippen molar-refractivity contribution in [2.24, 2.45) is 16.8 Å². The highest BCUT2D eigenvalue weighted by atomic mass is 16.5. The number of hydrogen-bond acceptors (Lipinski definition) is 5. The topological polar surface area (TPSA) is 103 Å². The van der Waals surface area contributed by atoms with Gasteiger partial charge in [-0.15, -0.1) is 0 Å². The zero-order chi connectivity index (χ0) is 12.8. The molecule has 0 aromatic heterocycles. The van der Waals surface area contributed by atoms with Gasteiger partial charge in [-0.1, -0.05) is 0 Å². The van der Waals surface area contributed by atoms with Crippen molar-refractivity contribution in [3.05, 3.63) is 29.8 Å². The fourth-order valence-electron chi connectivity index (χ4n) is 1.22. The summed E-state index contributed by atoms with van der Waals surface area (Å²) in [6.45, 7) is 3.42. The number of carbonyl (C=O) groups is 1. The molecule has 0 aliphatic heterocycles. The van der Waals surface area contributed by atoms with Crippen LogP contribution in [-0.4, -0.2) is 17.7 Å². The summed E-state index contributed by atoms with van der Waals surface area (Å²) < 4.78 is 5.37. The van der Waals surface area contributed by atoms with Crippen molar-refractivity contribution in [2.75, 3.05) is 0 Å². The van der Waals surface area contributed by atoms with Gasteiger partial charge in [0.25, 0.3) is 5.91 Å². The molecular weight excluding hydrogens is 220 g/mol. The summed E-state index contributed by atoms with van der Waals surface area (Å²) in [5.74, 6) is 10.4. The number of hydrazine groups is 1. The van der Waals surface area contributed by atoms with Crippen LogP contribution in [0.3, 0.4) is 0 Å². The Morgan fingerprint density at radius 3 is 2.47 bits per heavy atom. The lowest BCUT2D eigenvalue weighted by atomic mass is 10.1. The van der Waals surface area contributed by atoms with Crippen LogP contribution >= 0.6 is 0 Å². The maximum atomic E-state index is 11.1. The molecule has 0 heterocycles. The highest BCUT2D eigenvalue weighted by molar-refractivity contribution is 5.98. The minimum absolute atomic E-state index is 0.381. The summed E-state index contributed by atoms with van der Waals surface area (Å²) in [5.41, 5.74) is 3.65. The van der Waals surface area contributed by atoms with Gasteiger partial charge in [-0.2, -0.15) is 5.10 Å². The van der Waals surface area contributed by atoms with E-state index in [0.29, 0.717) is 5.75 Å². The van der Waals surface area contributed by atoms with Crippen LogP contribution in [0, 0.1) is 0 Å². The molecule has 1 atom stereocenters. The zero-order valence-electron chi connectivity index (χ0n) is 9.81. The van der Waals surface area contributed by atoms with E-state index < -0.39 is 6.10 Å². The Labute approximate surface area is 99.6 Å². The second-order valence-corrected chi connectivity index (χ2v) is 3.51. The molecule has 92 valence electrons. The van der Waals surface area contributed by atoms with Crippen LogP contribution in [0.1, 0.15) is 19.4 Å². The van der Waals surface area contributed by atoms with Crippen LogP contribution in [0.4, 0.5) is 0 Å². The first-order chi connectivity index (χ1) is 8.08. The zero-order valence-corrected chi connectivity index (χ0v) is 9.81. The molecule has 0 bridgehead atoms. The Balaban J connectivity index is 2.72. The van der Waals surface area contributed by atoms with Crippen LogP contribution in [0.15, 0.2) is 29.4 Å². The predicted octanol–water partition coefficient (Wildman–Crippen LogP) is 0.127. The van der Waals surface area contributed by atoms with E-state index in [0.717, 1.165) is 11.3 Å². The Morgan fingerprint density at radius 1 is 1.41 bits per heavy atom. The number of nitrogens with one attached hydrogen (secondary N) is 1. The molecule has 17 heavy (non-hydrogen) atoms. The highest BCUT2D eigenvalue weighted by Gasteiger charge is 2.12. The van der Waals surface area contributed by atoms with Crippen molar-refractivity contribution in [1.82, 2.24) is 5.43 Å². The minimum Gasteiger partial charge on any atom is -0.481 e. The quantitative estimate of drug-likeness (QED) is 0.299. The third-order valence-electron chi connectivity index (χ3n) is 2.29. The molecule has 6 heteroatoms. The fraction of sp³-hybridized carbons (Fsp3) is 0.273. The largest absolute Gasteiger partial charge is 0.481 e. The maximum absolute atomic E-state index is 11.1. The number of hydrazone groups is 1. The summed E-state index contributed by atoms with van der Waals surface area (Å²) >= 11 is 0.